The molecule has 0 spiro atoms. The Kier molecular flexibility index (Phi) is 4.56. The third-order valence-electron chi connectivity index (χ3n) is 3.13. The average Bonchev–Trinajstić information content (AvgIpc) is 2.48. The number of primary amides is 1. The van der Waals surface area contributed by atoms with Crippen LogP contribution < -0.4 is 10.8 Å². The van der Waals surface area contributed by atoms with Gasteiger partial charge in [0.05, 0.1) is 0 Å². The highest BCUT2D eigenvalue weighted by molar-refractivity contribution is 5.84. The fourth-order valence-electron chi connectivity index (χ4n) is 2.17. The molecule has 108 valence electrons. The number of benzene rings is 2. The van der Waals surface area contributed by atoms with E-state index in [4.69, 9.17) is 5.73 Å². The lowest BCUT2D eigenvalue weighted by Gasteiger charge is -2.32. The number of hydrogen-bond donors (Lipinski definition) is 1. The predicted molar refractivity (Wildman–Crippen MR) is 75.8 cm³/mol. The lowest BCUT2D eigenvalue weighted by atomic mass is 10.0. The van der Waals surface area contributed by atoms with E-state index in [1.54, 1.807) is 54.6 Å². The lowest BCUT2D eigenvalue weighted by Crippen LogP contribution is -2.47. The summed E-state index contributed by atoms with van der Waals surface area (Å²) in [6.07, 6.45) is -1.44. The van der Waals surface area contributed by atoms with Crippen LogP contribution in [0, 0.1) is 0 Å². The zero-order valence-electron chi connectivity index (χ0n) is 11.3. The quantitative estimate of drug-likeness (QED) is 0.890. The summed E-state index contributed by atoms with van der Waals surface area (Å²) in [4.78, 5) is 24.1. The van der Waals surface area contributed by atoms with E-state index in [0.29, 0.717) is 5.56 Å². The highest BCUT2D eigenvalue weighted by atomic mass is 16.4. The van der Waals surface area contributed by atoms with Crippen molar-refractivity contribution >= 4 is 12.0 Å². The van der Waals surface area contributed by atoms with Gasteiger partial charge in [-0.15, -0.1) is 0 Å². The van der Waals surface area contributed by atoms with Gasteiger partial charge in [-0.05, 0) is 11.1 Å². The monoisotopic (exact) mass is 283 g/mol. The maximum atomic E-state index is 11.7. The summed E-state index contributed by atoms with van der Waals surface area (Å²) in [5.74, 6) is -0.735. The summed E-state index contributed by atoms with van der Waals surface area (Å²) >= 11 is 0. The first kappa shape index (κ1) is 14.6. The lowest BCUT2D eigenvalue weighted by molar-refractivity contribution is -0.268. The van der Waals surface area contributed by atoms with E-state index in [1.807, 2.05) is 6.07 Å². The second kappa shape index (κ2) is 6.56. The molecule has 2 N–H and O–H groups in total. The molecular weight excluding hydrogens is 268 g/mol. The first-order valence-electron chi connectivity index (χ1n) is 6.45. The summed E-state index contributed by atoms with van der Waals surface area (Å²) in [5, 5.41) is 11.4. The first-order valence-corrected chi connectivity index (χ1v) is 6.45. The van der Waals surface area contributed by atoms with Crippen molar-refractivity contribution in [3.63, 3.8) is 0 Å². The predicted octanol–water partition coefficient (Wildman–Crippen LogP) is 1.06. The number of nitrogens with zero attached hydrogens (tertiary/aromatic N) is 1. The first-order chi connectivity index (χ1) is 10.1. The van der Waals surface area contributed by atoms with Crippen molar-refractivity contribution in [1.29, 1.82) is 0 Å². The molecule has 5 heteroatoms. The molecule has 0 saturated carbocycles. The molecule has 0 aliphatic rings. The summed E-state index contributed by atoms with van der Waals surface area (Å²) in [6.45, 7) is 0.0334. The standard InChI is InChI=1S/C16H16N2O3/c17-15(19)14(13-9-5-2-6-10-13)18(16(20)21)11-12-7-3-1-4-8-12/h1-10,14H,11H2,(H2,17,19)(H,20,21)/p-1. The summed E-state index contributed by atoms with van der Waals surface area (Å²) < 4.78 is 0. The molecule has 0 radical (unpaired) electrons. The van der Waals surface area contributed by atoms with Crippen molar-refractivity contribution in [3.05, 3.63) is 71.8 Å². The van der Waals surface area contributed by atoms with Crippen molar-refractivity contribution in [1.82, 2.24) is 4.90 Å². The third-order valence-corrected chi connectivity index (χ3v) is 3.13. The van der Waals surface area contributed by atoms with E-state index in [1.165, 1.54) is 0 Å². The number of rotatable bonds is 5. The van der Waals surface area contributed by atoms with E-state index < -0.39 is 18.0 Å². The zero-order valence-corrected chi connectivity index (χ0v) is 11.3. The number of hydrogen-bond acceptors (Lipinski definition) is 3. The maximum Gasteiger partial charge on any atom is 0.244 e. The fourth-order valence-corrected chi connectivity index (χ4v) is 2.17. The number of carboxylic acid groups (broad SMARTS) is 1. The van der Waals surface area contributed by atoms with E-state index in [2.05, 4.69) is 0 Å². The second-order valence-corrected chi connectivity index (χ2v) is 4.59. The Balaban J connectivity index is 2.34. The third kappa shape index (κ3) is 3.60. The molecule has 2 rings (SSSR count). The Morgan fingerprint density at radius 3 is 2.00 bits per heavy atom. The van der Waals surface area contributed by atoms with Crippen molar-refractivity contribution in [2.24, 2.45) is 5.73 Å². The van der Waals surface area contributed by atoms with Crippen molar-refractivity contribution in [2.45, 2.75) is 12.6 Å². The Morgan fingerprint density at radius 1 is 1.00 bits per heavy atom. The smallest absolute Gasteiger partial charge is 0.244 e. The molecule has 0 heterocycles. The number of carbonyl (C=O) groups excluding carboxylic acids is 2. The SMILES string of the molecule is NC(=O)C(c1ccccc1)N(Cc1ccccc1)C(=O)[O-]. The van der Waals surface area contributed by atoms with Crippen molar-refractivity contribution < 1.29 is 14.7 Å². The molecule has 2 amide bonds. The summed E-state index contributed by atoms with van der Waals surface area (Å²) in [6, 6.07) is 16.5. The normalized spacial score (nSPS) is 11.6. The fraction of sp³-hybridized carbons (Fsp3) is 0.125. The van der Waals surface area contributed by atoms with Crippen molar-refractivity contribution in [3.8, 4) is 0 Å². The zero-order chi connectivity index (χ0) is 15.2. The molecule has 2 aromatic rings. The van der Waals surface area contributed by atoms with E-state index >= 15 is 0 Å². The second-order valence-electron chi connectivity index (χ2n) is 4.59. The van der Waals surface area contributed by atoms with Crippen LogP contribution in [0.2, 0.25) is 0 Å². The van der Waals surface area contributed by atoms with Gasteiger partial charge in [-0.25, -0.2) is 0 Å². The van der Waals surface area contributed by atoms with Gasteiger partial charge in [0.2, 0.25) is 5.91 Å². The molecule has 0 bridgehead atoms. The highest BCUT2D eigenvalue weighted by Gasteiger charge is 2.25. The minimum atomic E-state index is -1.44. The Labute approximate surface area is 122 Å². The van der Waals surface area contributed by atoms with E-state index in [0.717, 1.165) is 10.5 Å². The largest absolute Gasteiger partial charge is 0.530 e. The number of carbonyl (C=O) groups is 2. The van der Waals surface area contributed by atoms with Crippen LogP contribution >= 0.6 is 0 Å². The molecular formula is C16H15N2O3-. The van der Waals surface area contributed by atoms with Gasteiger partial charge in [-0.2, -0.15) is 0 Å². The van der Waals surface area contributed by atoms with Crippen LogP contribution in [0.5, 0.6) is 0 Å². The van der Waals surface area contributed by atoms with E-state index in [-0.39, 0.29) is 6.54 Å². The molecule has 1 atom stereocenters. The van der Waals surface area contributed by atoms with Gasteiger partial charge >= 0.3 is 0 Å². The molecule has 1 unspecified atom stereocenters. The van der Waals surface area contributed by atoms with Gasteiger partial charge in [0, 0.05) is 6.54 Å². The van der Waals surface area contributed by atoms with Gasteiger partial charge in [0.1, 0.15) is 12.1 Å². The minimum absolute atomic E-state index is 0.0334. The van der Waals surface area contributed by atoms with Gasteiger partial charge < -0.3 is 20.5 Å². The van der Waals surface area contributed by atoms with Gasteiger partial charge in [-0.3, -0.25) is 4.79 Å². The molecule has 0 aliphatic heterocycles. The van der Waals surface area contributed by atoms with E-state index in [9.17, 15) is 14.7 Å². The Bertz CT molecular complexity index is 614. The highest BCUT2D eigenvalue weighted by Crippen LogP contribution is 2.22. The van der Waals surface area contributed by atoms with Crippen molar-refractivity contribution in [2.75, 3.05) is 0 Å². The Hall–Kier alpha value is -2.82. The van der Waals surface area contributed by atoms with Crippen LogP contribution in [0.15, 0.2) is 60.7 Å². The number of nitrogens with two attached hydrogens (primary N) is 1. The molecule has 0 saturated heterocycles. The number of amides is 2. The topological polar surface area (TPSA) is 86.5 Å². The molecule has 0 aliphatic carbocycles. The van der Waals surface area contributed by atoms with Crippen LogP contribution in [-0.2, 0) is 11.3 Å². The van der Waals surface area contributed by atoms with Gasteiger partial charge in [-0.1, -0.05) is 60.7 Å². The Morgan fingerprint density at radius 2 is 1.52 bits per heavy atom. The molecule has 0 aromatic heterocycles. The molecule has 21 heavy (non-hydrogen) atoms. The van der Waals surface area contributed by atoms with Crippen LogP contribution in [0.4, 0.5) is 4.79 Å². The molecule has 2 aromatic carbocycles. The summed E-state index contributed by atoms with van der Waals surface area (Å²) in [7, 11) is 0. The molecule has 5 nitrogen and oxygen atoms in total. The van der Waals surface area contributed by atoms with Crippen LogP contribution in [0.25, 0.3) is 0 Å². The van der Waals surface area contributed by atoms with Crippen LogP contribution in [0.1, 0.15) is 17.2 Å². The van der Waals surface area contributed by atoms with Crippen LogP contribution in [0.3, 0.4) is 0 Å². The van der Waals surface area contributed by atoms with Gasteiger partial charge in [0.25, 0.3) is 0 Å². The molecule has 0 fully saturated rings. The average molecular weight is 283 g/mol. The summed E-state index contributed by atoms with van der Waals surface area (Å²) in [5.41, 5.74) is 6.66. The van der Waals surface area contributed by atoms with Gasteiger partial charge in [0.15, 0.2) is 0 Å². The maximum absolute atomic E-state index is 11.7. The van der Waals surface area contributed by atoms with Crippen LogP contribution in [-0.4, -0.2) is 16.9 Å². The minimum Gasteiger partial charge on any atom is -0.530 e.